The van der Waals surface area contributed by atoms with Gasteiger partial charge in [0.15, 0.2) is 0 Å². The molecule has 4 rings (SSSR count). The van der Waals surface area contributed by atoms with E-state index in [0.717, 1.165) is 16.6 Å². The van der Waals surface area contributed by atoms with Gasteiger partial charge >= 0.3 is 0 Å². The molecule has 198 valence electrons. The first-order valence-electron chi connectivity index (χ1n) is 11.6. The van der Waals surface area contributed by atoms with E-state index in [1.807, 2.05) is 0 Å². The monoisotopic (exact) mass is 567 g/mol. The first kappa shape index (κ1) is 27.2. The molecule has 3 heterocycles. The number of carbonyl (C=O) groups excluding carboxylic acids is 2. The maximum absolute atomic E-state index is 15.0. The normalized spacial score (nSPS) is 16.8. The molecular weight excluding hydrogens is 541 g/mol. The molecule has 3 aromatic rings. The summed E-state index contributed by atoms with van der Waals surface area (Å²) in [5.41, 5.74) is 1.04. The van der Waals surface area contributed by atoms with Crippen molar-refractivity contribution in [1.29, 1.82) is 0 Å². The van der Waals surface area contributed by atoms with Gasteiger partial charge in [0.1, 0.15) is 11.9 Å². The van der Waals surface area contributed by atoms with Gasteiger partial charge in [0.25, 0.3) is 5.91 Å². The average Bonchev–Trinajstić information content (AvgIpc) is 3.59. The third-order valence-electron chi connectivity index (χ3n) is 6.18. The third kappa shape index (κ3) is 6.56. The molecule has 0 aliphatic carbocycles. The standard InChI is InChI=1S/C24H27ClFN5O4S2/c1-15(21-5-6-22(25)36-21)13-37(34,35)29-19-8-10-31(24(19)33)20-4-3-16(11-18(20)26)23(32)30(2)9-7-17-12-27-14-28-17/h3-6,11-12,14-15,19,29H,7-10,13H2,1-2H3,(H,27,28). The van der Waals surface area contributed by atoms with Crippen LogP contribution in [0.2, 0.25) is 4.34 Å². The van der Waals surface area contributed by atoms with Crippen LogP contribution in [-0.2, 0) is 21.2 Å². The van der Waals surface area contributed by atoms with E-state index < -0.39 is 27.8 Å². The summed E-state index contributed by atoms with van der Waals surface area (Å²) in [4.78, 5) is 36.1. The molecule has 1 saturated heterocycles. The highest BCUT2D eigenvalue weighted by molar-refractivity contribution is 7.89. The lowest BCUT2D eigenvalue weighted by atomic mass is 10.1. The van der Waals surface area contributed by atoms with E-state index in [9.17, 15) is 18.0 Å². The Morgan fingerprint density at radius 3 is 2.81 bits per heavy atom. The number of sulfonamides is 1. The number of hydrogen-bond acceptors (Lipinski definition) is 6. The SMILES string of the molecule is CC(CS(=O)(=O)NC1CCN(c2ccc(C(=O)N(C)CCc3cnc[nH]3)cc2F)C1=O)c1ccc(Cl)s1. The third-order valence-corrected chi connectivity index (χ3v) is 9.23. The Morgan fingerprint density at radius 1 is 1.38 bits per heavy atom. The predicted octanol–water partition coefficient (Wildman–Crippen LogP) is 3.41. The second kappa shape index (κ2) is 11.3. The number of imidazole rings is 1. The molecule has 2 N–H and O–H groups in total. The predicted molar refractivity (Wildman–Crippen MR) is 141 cm³/mol. The molecule has 2 unspecified atom stereocenters. The smallest absolute Gasteiger partial charge is 0.253 e. The number of carbonyl (C=O) groups is 2. The fraction of sp³-hybridized carbons (Fsp3) is 0.375. The van der Waals surface area contributed by atoms with Crippen molar-refractivity contribution in [2.24, 2.45) is 0 Å². The van der Waals surface area contributed by atoms with Gasteiger partial charge in [0.2, 0.25) is 15.9 Å². The van der Waals surface area contributed by atoms with Crippen LogP contribution in [0.5, 0.6) is 0 Å². The topological polar surface area (TPSA) is 115 Å². The van der Waals surface area contributed by atoms with Gasteiger partial charge in [-0.15, -0.1) is 11.3 Å². The van der Waals surface area contributed by atoms with Crippen LogP contribution < -0.4 is 9.62 Å². The lowest BCUT2D eigenvalue weighted by Gasteiger charge is -2.20. The van der Waals surface area contributed by atoms with E-state index in [4.69, 9.17) is 11.6 Å². The number of hydrogen-bond donors (Lipinski definition) is 2. The molecule has 2 amide bonds. The Labute approximate surface area is 223 Å². The Morgan fingerprint density at radius 2 is 2.16 bits per heavy atom. The van der Waals surface area contributed by atoms with Crippen molar-refractivity contribution < 1.29 is 22.4 Å². The maximum atomic E-state index is 15.0. The summed E-state index contributed by atoms with van der Waals surface area (Å²) in [6, 6.07) is 6.45. The molecule has 0 radical (unpaired) electrons. The number of anilines is 1. The molecule has 1 aromatic carbocycles. The summed E-state index contributed by atoms with van der Waals surface area (Å²) in [6.07, 6.45) is 4.01. The number of nitrogens with one attached hydrogen (secondary N) is 2. The molecule has 0 spiro atoms. The summed E-state index contributed by atoms with van der Waals surface area (Å²) in [7, 11) is -2.16. The number of aromatic amines is 1. The van der Waals surface area contributed by atoms with Crippen LogP contribution in [0.3, 0.4) is 0 Å². The summed E-state index contributed by atoms with van der Waals surface area (Å²) < 4.78 is 43.5. The lowest BCUT2D eigenvalue weighted by Crippen LogP contribution is -2.43. The number of benzene rings is 1. The van der Waals surface area contributed by atoms with Crippen LogP contribution >= 0.6 is 22.9 Å². The number of rotatable bonds is 10. The second-order valence-electron chi connectivity index (χ2n) is 8.99. The number of halogens is 2. The molecule has 9 nitrogen and oxygen atoms in total. The van der Waals surface area contributed by atoms with Gasteiger partial charge in [0.05, 0.1) is 22.1 Å². The van der Waals surface area contributed by atoms with Gasteiger partial charge in [-0.25, -0.2) is 22.5 Å². The van der Waals surface area contributed by atoms with E-state index in [2.05, 4.69) is 14.7 Å². The highest BCUT2D eigenvalue weighted by Gasteiger charge is 2.37. The van der Waals surface area contributed by atoms with Crippen molar-refractivity contribution in [3.05, 3.63) is 69.1 Å². The number of H-pyrrole nitrogens is 1. The minimum absolute atomic E-state index is 0.00459. The summed E-state index contributed by atoms with van der Waals surface area (Å²) in [5, 5.41) is 0. The first-order chi connectivity index (χ1) is 17.5. The van der Waals surface area contributed by atoms with Crippen molar-refractivity contribution in [3.8, 4) is 0 Å². The minimum Gasteiger partial charge on any atom is -0.348 e. The van der Waals surface area contributed by atoms with E-state index in [1.54, 1.807) is 38.6 Å². The van der Waals surface area contributed by atoms with Gasteiger partial charge in [-0.3, -0.25) is 9.59 Å². The van der Waals surface area contributed by atoms with Crippen LogP contribution in [0.15, 0.2) is 42.9 Å². The summed E-state index contributed by atoms with van der Waals surface area (Å²) >= 11 is 7.25. The number of amides is 2. The zero-order valence-electron chi connectivity index (χ0n) is 20.3. The fourth-order valence-electron chi connectivity index (χ4n) is 4.19. The largest absolute Gasteiger partial charge is 0.348 e. The van der Waals surface area contributed by atoms with Gasteiger partial charge < -0.3 is 14.8 Å². The zero-order chi connectivity index (χ0) is 26.7. The Kier molecular flexibility index (Phi) is 8.32. The van der Waals surface area contributed by atoms with E-state index >= 15 is 4.39 Å². The van der Waals surface area contributed by atoms with E-state index in [1.165, 1.54) is 33.3 Å². The molecular formula is C24H27ClFN5O4S2. The number of aromatic nitrogens is 2. The van der Waals surface area contributed by atoms with Crippen LogP contribution in [0.25, 0.3) is 0 Å². The highest BCUT2D eigenvalue weighted by atomic mass is 35.5. The molecule has 0 saturated carbocycles. The fourth-order valence-corrected chi connectivity index (χ4v) is 6.99. The van der Waals surface area contributed by atoms with Crippen LogP contribution in [0.4, 0.5) is 10.1 Å². The average molecular weight is 568 g/mol. The van der Waals surface area contributed by atoms with Crippen LogP contribution in [-0.4, -0.2) is 67.0 Å². The van der Waals surface area contributed by atoms with Crippen molar-refractivity contribution >= 4 is 50.5 Å². The van der Waals surface area contributed by atoms with E-state index in [-0.39, 0.29) is 41.8 Å². The van der Waals surface area contributed by atoms with Crippen molar-refractivity contribution in [1.82, 2.24) is 19.6 Å². The van der Waals surface area contributed by atoms with E-state index in [0.29, 0.717) is 17.3 Å². The maximum Gasteiger partial charge on any atom is 0.253 e. The Bertz CT molecular complexity index is 1380. The molecule has 2 aromatic heterocycles. The number of thiophene rings is 1. The number of likely N-dealkylation sites (N-methyl/N-ethyl adjacent to an activating group) is 1. The Balaban J connectivity index is 1.37. The molecule has 2 atom stereocenters. The quantitative estimate of drug-likeness (QED) is 0.389. The Hall–Kier alpha value is -2.80. The van der Waals surface area contributed by atoms with Crippen molar-refractivity contribution in [2.45, 2.75) is 31.7 Å². The molecule has 13 heteroatoms. The van der Waals surface area contributed by atoms with Crippen molar-refractivity contribution in [3.63, 3.8) is 0 Å². The zero-order valence-corrected chi connectivity index (χ0v) is 22.7. The molecule has 37 heavy (non-hydrogen) atoms. The molecule has 1 aliphatic rings. The summed E-state index contributed by atoms with van der Waals surface area (Å²) in [6.45, 7) is 2.34. The lowest BCUT2D eigenvalue weighted by molar-refractivity contribution is -0.118. The minimum atomic E-state index is -3.79. The molecule has 1 fully saturated rings. The molecule has 1 aliphatic heterocycles. The van der Waals surface area contributed by atoms with Crippen LogP contribution in [0.1, 0.15) is 40.2 Å². The highest BCUT2D eigenvalue weighted by Crippen LogP contribution is 2.30. The summed E-state index contributed by atoms with van der Waals surface area (Å²) in [5.74, 6) is -2.13. The molecule has 0 bridgehead atoms. The van der Waals surface area contributed by atoms with Crippen LogP contribution in [0, 0.1) is 5.82 Å². The second-order valence-corrected chi connectivity index (χ2v) is 12.5. The van der Waals surface area contributed by atoms with Gasteiger partial charge in [-0.05, 0) is 36.8 Å². The van der Waals surface area contributed by atoms with Gasteiger partial charge in [-0.2, -0.15) is 0 Å². The van der Waals surface area contributed by atoms with Gasteiger partial charge in [0, 0.05) is 54.8 Å². The number of nitrogens with zero attached hydrogens (tertiary/aromatic N) is 3. The van der Waals surface area contributed by atoms with Crippen molar-refractivity contribution in [2.75, 3.05) is 30.8 Å². The van der Waals surface area contributed by atoms with Gasteiger partial charge in [-0.1, -0.05) is 18.5 Å². The first-order valence-corrected chi connectivity index (χ1v) is 14.5.